The molecule has 12 heavy (non-hydrogen) atoms. The van der Waals surface area contributed by atoms with E-state index in [1.54, 1.807) is 0 Å². The van der Waals surface area contributed by atoms with Crippen LogP contribution >= 0.6 is 0 Å². The van der Waals surface area contributed by atoms with Gasteiger partial charge in [0.2, 0.25) is 0 Å². The summed E-state index contributed by atoms with van der Waals surface area (Å²) in [5, 5.41) is 13.5. The van der Waals surface area contributed by atoms with E-state index in [1.807, 2.05) is 0 Å². The van der Waals surface area contributed by atoms with Crippen LogP contribution in [0.2, 0.25) is 0 Å². The molecule has 66 valence electrons. The minimum absolute atomic E-state index is 0.337. The molecule has 0 N–H and O–H groups in total. The summed E-state index contributed by atoms with van der Waals surface area (Å²) in [7, 11) is 0. The summed E-state index contributed by atoms with van der Waals surface area (Å²) in [6.07, 6.45) is -1.38. The summed E-state index contributed by atoms with van der Waals surface area (Å²) in [4.78, 5) is 10.1. The molecule has 0 bridgehead atoms. The number of hydrogen-bond acceptors (Lipinski definition) is 3. The number of alkyl halides is 2. The van der Waals surface area contributed by atoms with Gasteiger partial charge < -0.3 is 9.90 Å². The fourth-order valence-electron chi connectivity index (χ4n) is 0.714. The molecule has 0 spiro atoms. The molecule has 0 atom stereocenters. The summed E-state index contributed by atoms with van der Waals surface area (Å²) < 4.78 is 24.3. The van der Waals surface area contributed by atoms with Crippen LogP contribution in [0.4, 0.5) is 8.78 Å². The summed E-state index contributed by atoms with van der Waals surface area (Å²) in [6.45, 7) is -0.604. The topological polar surface area (TPSA) is 57.9 Å². The molecule has 1 rings (SSSR count). The van der Waals surface area contributed by atoms with E-state index >= 15 is 0 Å². The Morgan fingerprint density at radius 2 is 2.42 bits per heavy atom. The lowest BCUT2D eigenvalue weighted by Crippen LogP contribution is -2.23. The van der Waals surface area contributed by atoms with Crippen molar-refractivity contribution in [2.24, 2.45) is 0 Å². The number of aromatic carboxylic acids is 1. The normalized spacial score (nSPS) is 10.6. The van der Waals surface area contributed by atoms with E-state index in [0.717, 1.165) is 16.9 Å². The van der Waals surface area contributed by atoms with Crippen LogP contribution in [0.1, 0.15) is 10.5 Å². The van der Waals surface area contributed by atoms with Crippen molar-refractivity contribution < 1.29 is 18.7 Å². The van der Waals surface area contributed by atoms with E-state index in [-0.39, 0.29) is 5.69 Å². The summed E-state index contributed by atoms with van der Waals surface area (Å²) in [6, 6.07) is 1.11. The number of carbonyl (C=O) groups excluding carboxylic acids is 1. The van der Waals surface area contributed by atoms with Gasteiger partial charge in [-0.15, -0.1) is 0 Å². The first-order valence-corrected chi connectivity index (χ1v) is 3.12. The van der Waals surface area contributed by atoms with Gasteiger partial charge in [0.25, 0.3) is 6.43 Å². The highest BCUT2D eigenvalue weighted by molar-refractivity contribution is 5.83. The standard InChI is InChI=1S/C6H6F2N2O2/c7-5(8)3-10-2-1-4(9-10)6(11)12/h1-2,5H,3H2,(H,11,12)/p-1. The number of halogens is 2. The molecule has 0 unspecified atom stereocenters. The molecule has 6 heteroatoms. The molecular formula is C6H5F2N2O2-. The van der Waals surface area contributed by atoms with Gasteiger partial charge in [-0.25, -0.2) is 8.78 Å². The average Bonchev–Trinajstić information content (AvgIpc) is 2.34. The van der Waals surface area contributed by atoms with Crippen LogP contribution in [0.3, 0.4) is 0 Å². The molecule has 1 heterocycles. The second kappa shape index (κ2) is 3.29. The van der Waals surface area contributed by atoms with E-state index in [1.165, 1.54) is 0 Å². The number of carboxylic acids is 1. The lowest BCUT2D eigenvalue weighted by Gasteiger charge is -1.98. The SMILES string of the molecule is O=C([O-])c1ccn(CC(F)F)n1. The van der Waals surface area contributed by atoms with Crippen LogP contribution in [0, 0.1) is 0 Å². The molecule has 0 fully saturated rings. The average molecular weight is 175 g/mol. The van der Waals surface area contributed by atoms with Crippen molar-refractivity contribution in [1.82, 2.24) is 9.78 Å². The molecule has 0 saturated carbocycles. The molecule has 0 aliphatic heterocycles. The van der Waals surface area contributed by atoms with Crippen LogP contribution in [0.25, 0.3) is 0 Å². The van der Waals surface area contributed by atoms with Crippen LogP contribution < -0.4 is 5.11 Å². The van der Waals surface area contributed by atoms with Crippen molar-refractivity contribution in [2.45, 2.75) is 13.0 Å². The number of carbonyl (C=O) groups is 1. The van der Waals surface area contributed by atoms with Gasteiger partial charge in [-0.05, 0) is 6.07 Å². The first-order valence-electron chi connectivity index (χ1n) is 3.12. The fourth-order valence-corrected chi connectivity index (χ4v) is 0.714. The largest absolute Gasteiger partial charge is 0.543 e. The summed E-state index contributed by atoms with van der Waals surface area (Å²) in [5.41, 5.74) is -0.337. The number of nitrogens with zero attached hydrogens (tertiary/aromatic N) is 2. The second-order valence-corrected chi connectivity index (χ2v) is 2.10. The van der Waals surface area contributed by atoms with Gasteiger partial charge in [0.15, 0.2) is 0 Å². The Morgan fingerprint density at radius 3 is 2.83 bits per heavy atom. The first-order chi connectivity index (χ1) is 5.59. The third-order valence-electron chi connectivity index (χ3n) is 1.17. The van der Waals surface area contributed by atoms with Gasteiger partial charge in [-0.1, -0.05) is 0 Å². The van der Waals surface area contributed by atoms with Crippen molar-refractivity contribution >= 4 is 5.97 Å². The number of hydrogen-bond donors (Lipinski definition) is 0. The Morgan fingerprint density at radius 1 is 1.75 bits per heavy atom. The monoisotopic (exact) mass is 175 g/mol. The lowest BCUT2D eigenvalue weighted by atomic mass is 10.5. The zero-order valence-electron chi connectivity index (χ0n) is 5.91. The Balaban J connectivity index is 2.71. The van der Waals surface area contributed by atoms with Crippen molar-refractivity contribution in [2.75, 3.05) is 0 Å². The van der Waals surface area contributed by atoms with E-state index in [9.17, 15) is 18.7 Å². The first kappa shape index (κ1) is 8.63. The Hall–Kier alpha value is -1.46. The zero-order valence-corrected chi connectivity index (χ0v) is 5.91. The van der Waals surface area contributed by atoms with Gasteiger partial charge >= 0.3 is 0 Å². The minimum Gasteiger partial charge on any atom is -0.543 e. The molecule has 0 aromatic carbocycles. The van der Waals surface area contributed by atoms with Gasteiger partial charge in [-0.2, -0.15) is 5.10 Å². The van der Waals surface area contributed by atoms with E-state index in [4.69, 9.17) is 0 Å². The van der Waals surface area contributed by atoms with Gasteiger partial charge in [0.1, 0.15) is 12.2 Å². The Labute approximate surface area is 66.4 Å². The number of rotatable bonds is 3. The van der Waals surface area contributed by atoms with Gasteiger partial charge in [-0.3, -0.25) is 4.68 Å². The van der Waals surface area contributed by atoms with Crippen LogP contribution in [0.15, 0.2) is 12.3 Å². The summed E-state index contributed by atoms with van der Waals surface area (Å²) >= 11 is 0. The fraction of sp³-hybridized carbons (Fsp3) is 0.333. The quantitative estimate of drug-likeness (QED) is 0.622. The lowest BCUT2D eigenvalue weighted by molar-refractivity contribution is -0.255. The molecule has 0 amide bonds. The molecule has 0 saturated heterocycles. The minimum atomic E-state index is -2.54. The predicted molar refractivity (Wildman–Crippen MR) is 32.6 cm³/mol. The third kappa shape index (κ3) is 2.01. The maximum Gasteiger partial charge on any atom is 0.257 e. The second-order valence-electron chi connectivity index (χ2n) is 2.10. The predicted octanol–water partition coefficient (Wildman–Crippen LogP) is -0.488. The van der Waals surface area contributed by atoms with Crippen LogP contribution in [-0.4, -0.2) is 22.2 Å². The molecule has 4 nitrogen and oxygen atoms in total. The van der Waals surface area contributed by atoms with Crippen molar-refractivity contribution in [3.63, 3.8) is 0 Å². The van der Waals surface area contributed by atoms with E-state index < -0.39 is 18.9 Å². The highest BCUT2D eigenvalue weighted by Gasteiger charge is 2.05. The molecule has 1 aromatic heterocycles. The van der Waals surface area contributed by atoms with E-state index in [2.05, 4.69) is 5.10 Å². The number of aromatic nitrogens is 2. The highest BCUT2D eigenvalue weighted by atomic mass is 19.3. The van der Waals surface area contributed by atoms with Gasteiger partial charge in [0, 0.05) is 6.20 Å². The van der Waals surface area contributed by atoms with Crippen molar-refractivity contribution in [3.05, 3.63) is 18.0 Å². The van der Waals surface area contributed by atoms with Crippen LogP contribution in [-0.2, 0) is 6.54 Å². The molecule has 0 aliphatic rings. The molecule has 0 radical (unpaired) electrons. The van der Waals surface area contributed by atoms with Crippen molar-refractivity contribution in [3.8, 4) is 0 Å². The number of carboxylic acid groups (broad SMARTS) is 1. The molecular weight excluding hydrogens is 170 g/mol. The molecule has 0 aliphatic carbocycles. The molecule has 1 aromatic rings. The zero-order chi connectivity index (χ0) is 9.14. The Bertz CT molecular complexity index is 285. The van der Waals surface area contributed by atoms with Crippen molar-refractivity contribution in [1.29, 1.82) is 0 Å². The highest BCUT2D eigenvalue weighted by Crippen LogP contribution is 1.99. The smallest absolute Gasteiger partial charge is 0.257 e. The summed E-state index contributed by atoms with van der Waals surface area (Å²) in [5.74, 6) is -1.47. The van der Waals surface area contributed by atoms with E-state index in [0.29, 0.717) is 0 Å². The Kier molecular flexibility index (Phi) is 2.37. The third-order valence-corrected chi connectivity index (χ3v) is 1.17. The van der Waals surface area contributed by atoms with Gasteiger partial charge in [0.05, 0.1) is 5.97 Å². The maximum atomic E-state index is 11.7. The maximum absolute atomic E-state index is 11.7. The van der Waals surface area contributed by atoms with Crippen LogP contribution in [0.5, 0.6) is 0 Å².